The molecule has 24 heavy (non-hydrogen) atoms. The van der Waals surface area contributed by atoms with E-state index in [1.54, 1.807) is 29.8 Å². The van der Waals surface area contributed by atoms with Crippen LogP contribution in [0, 0.1) is 0 Å². The predicted molar refractivity (Wildman–Crippen MR) is 91.8 cm³/mol. The molecule has 0 spiro atoms. The Morgan fingerprint density at radius 3 is 2.46 bits per heavy atom. The van der Waals surface area contributed by atoms with Crippen molar-refractivity contribution in [2.24, 2.45) is 0 Å². The van der Waals surface area contributed by atoms with Crippen LogP contribution in [0.2, 0.25) is 0 Å². The van der Waals surface area contributed by atoms with Crippen LogP contribution in [0.4, 0.5) is 10.5 Å². The molecule has 1 aromatic carbocycles. The number of urea groups is 1. The molecule has 0 saturated carbocycles. The maximum atomic E-state index is 12.0. The van der Waals surface area contributed by atoms with Crippen molar-refractivity contribution in [1.82, 2.24) is 9.71 Å². The molecule has 2 N–H and O–H groups in total. The van der Waals surface area contributed by atoms with Crippen molar-refractivity contribution in [2.45, 2.75) is 0 Å². The Bertz CT molecular complexity index is 810. The standard InChI is InChI=1S/C14H15N3O5S2/c1-21-10-4-3-5-11(22-2)13(10)16-14(18)17-24(19,20)9-6-12-15-7-8-23-12/h3-9H,1-2H3,(H2,16,17,18)/b9-6+. The fourth-order valence-corrected chi connectivity index (χ4v) is 3.04. The van der Waals surface area contributed by atoms with Gasteiger partial charge in [-0.25, -0.2) is 22.9 Å². The minimum atomic E-state index is -3.97. The lowest BCUT2D eigenvalue weighted by atomic mass is 10.2. The first-order chi connectivity index (χ1) is 11.4. The van der Waals surface area contributed by atoms with Gasteiger partial charge in [0.2, 0.25) is 0 Å². The number of rotatable bonds is 6. The number of benzene rings is 1. The molecule has 2 rings (SSSR count). The van der Waals surface area contributed by atoms with Gasteiger partial charge in [-0.2, -0.15) is 0 Å². The predicted octanol–water partition coefficient (Wildman–Crippen LogP) is 2.28. The van der Waals surface area contributed by atoms with Crippen molar-refractivity contribution >= 4 is 39.2 Å². The maximum absolute atomic E-state index is 12.0. The number of nitrogens with one attached hydrogen (secondary N) is 2. The number of methoxy groups -OCH3 is 2. The lowest BCUT2D eigenvalue weighted by Gasteiger charge is -2.13. The van der Waals surface area contributed by atoms with Crippen LogP contribution in [0.15, 0.2) is 35.2 Å². The Morgan fingerprint density at radius 2 is 1.92 bits per heavy atom. The van der Waals surface area contributed by atoms with E-state index < -0.39 is 16.1 Å². The lowest BCUT2D eigenvalue weighted by Crippen LogP contribution is -2.33. The van der Waals surface area contributed by atoms with Gasteiger partial charge in [0.15, 0.2) is 0 Å². The van der Waals surface area contributed by atoms with Crippen LogP contribution in [0.3, 0.4) is 0 Å². The molecule has 128 valence electrons. The zero-order valence-electron chi connectivity index (χ0n) is 12.8. The number of nitrogens with zero attached hydrogens (tertiary/aromatic N) is 1. The first-order valence-electron chi connectivity index (χ1n) is 6.57. The Labute approximate surface area is 143 Å². The number of ether oxygens (including phenoxy) is 2. The Hall–Kier alpha value is -2.59. The molecule has 0 unspecified atom stereocenters. The van der Waals surface area contributed by atoms with Crippen LogP contribution >= 0.6 is 11.3 Å². The highest BCUT2D eigenvalue weighted by Gasteiger charge is 2.16. The Balaban J connectivity index is 2.11. The number of thiazole rings is 1. The van der Waals surface area contributed by atoms with Gasteiger partial charge in [-0.3, -0.25) is 0 Å². The average Bonchev–Trinajstić information content (AvgIpc) is 3.06. The number of sulfonamides is 1. The highest BCUT2D eigenvalue weighted by Crippen LogP contribution is 2.33. The molecule has 0 aliphatic heterocycles. The van der Waals surface area contributed by atoms with Gasteiger partial charge in [0.25, 0.3) is 10.0 Å². The van der Waals surface area contributed by atoms with Crippen molar-refractivity contribution in [1.29, 1.82) is 0 Å². The SMILES string of the molecule is COc1cccc(OC)c1NC(=O)NS(=O)(=O)/C=C/c1nccs1. The van der Waals surface area contributed by atoms with Crippen molar-refractivity contribution in [3.63, 3.8) is 0 Å². The van der Waals surface area contributed by atoms with Gasteiger partial charge in [0, 0.05) is 11.6 Å². The van der Waals surface area contributed by atoms with E-state index in [0.29, 0.717) is 16.5 Å². The van der Waals surface area contributed by atoms with Crippen molar-refractivity contribution in [3.05, 3.63) is 40.2 Å². The number of carbonyl (C=O) groups excluding carboxylic acids is 1. The van der Waals surface area contributed by atoms with Gasteiger partial charge in [0.05, 0.1) is 19.6 Å². The van der Waals surface area contributed by atoms with E-state index >= 15 is 0 Å². The summed E-state index contributed by atoms with van der Waals surface area (Å²) in [7, 11) is -1.13. The Kier molecular flexibility index (Phi) is 5.77. The zero-order chi connectivity index (χ0) is 17.6. The number of carbonyl (C=O) groups is 1. The highest BCUT2D eigenvalue weighted by atomic mass is 32.2. The molecular weight excluding hydrogens is 354 g/mol. The quantitative estimate of drug-likeness (QED) is 0.809. The van der Waals surface area contributed by atoms with Crippen molar-refractivity contribution in [2.75, 3.05) is 19.5 Å². The molecule has 0 atom stereocenters. The number of amides is 2. The van der Waals surface area contributed by atoms with Gasteiger partial charge in [-0.05, 0) is 18.2 Å². The Morgan fingerprint density at radius 1 is 1.25 bits per heavy atom. The molecule has 0 fully saturated rings. The fraction of sp³-hybridized carbons (Fsp3) is 0.143. The van der Waals surface area contributed by atoms with Crippen LogP contribution in [-0.4, -0.2) is 33.7 Å². The monoisotopic (exact) mass is 369 g/mol. The summed E-state index contributed by atoms with van der Waals surface area (Å²) in [5.41, 5.74) is 0.221. The van der Waals surface area contributed by atoms with Gasteiger partial charge < -0.3 is 14.8 Å². The summed E-state index contributed by atoms with van der Waals surface area (Å²) >= 11 is 1.27. The molecule has 8 nitrogen and oxygen atoms in total. The molecule has 0 saturated heterocycles. The molecule has 10 heteroatoms. The van der Waals surface area contributed by atoms with Crippen molar-refractivity contribution < 1.29 is 22.7 Å². The number of hydrogen-bond donors (Lipinski definition) is 2. The second-order valence-electron chi connectivity index (χ2n) is 4.31. The van der Waals surface area contributed by atoms with Crippen molar-refractivity contribution in [3.8, 4) is 11.5 Å². The van der Waals surface area contributed by atoms with Crippen LogP contribution in [-0.2, 0) is 10.0 Å². The van der Waals surface area contributed by atoms with E-state index in [-0.39, 0.29) is 5.69 Å². The molecule has 0 bridgehead atoms. The minimum absolute atomic E-state index is 0.221. The molecule has 2 aromatic rings. The first kappa shape index (κ1) is 17.8. The van der Waals surface area contributed by atoms with E-state index in [1.165, 1.54) is 31.6 Å². The second kappa shape index (κ2) is 7.79. The van der Waals surface area contributed by atoms with Crippen LogP contribution in [0.25, 0.3) is 6.08 Å². The van der Waals surface area contributed by atoms with E-state index in [4.69, 9.17) is 9.47 Å². The third kappa shape index (κ3) is 4.70. The van der Waals surface area contributed by atoms with Crippen LogP contribution in [0.1, 0.15) is 5.01 Å². The number of hydrogen-bond acceptors (Lipinski definition) is 7. The summed E-state index contributed by atoms with van der Waals surface area (Å²) in [5.74, 6) is 0.667. The van der Waals surface area contributed by atoms with Gasteiger partial charge in [-0.1, -0.05) is 6.07 Å². The molecule has 1 aromatic heterocycles. The second-order valence-corrected chi connectivity index (χ2v) is 6.80. The summed E-state index contributed by atoms with van der Waals surface area (Å²) < 4.78 is 35.9. The fourth-order valence-electron chi connectivity index (χ4n) is 1.74. The topological polar surface area (TPSA) is 107 Å². The molecule has 0 aliphatic rings. The molecular formula is C14H15N3O5S2. The van der Waals surface area contributed by atoms with Gasteiger partial charge in [-0.15, -0.1) is 11.3 Å². The molecule has 1 heterocycles. The largest absolute Gasteiger partial charge is 0.494 e. The summed E-state index contributed by atoms with van der Waals surface area (Å²) in [6, 6.07) is 3.94. The van der Waals surface area contributed by atoms with Gasteiger partial charge >= 0.3 is 6.03 Å². The zero-order valence-corrected chi connectivity index (χ0v) is 14.5. The number of para-hydroxylation sites is 1. The average molecular weight is 369 g/mol. The summed E-state index contributed by atoms with van der Waals surface area (Å²) in [6.45, 7) is 0. The molecule has 0 aliphatic carbocycles. The van der Waals surface area contributed by atoms with Crippen LogP contribution < -0.4 is 19.5 Å². The summed E-state index contributed by atoms with van der Waals surface area (Å²) in [4.78, 5) is 15.9. The lowest BCUT2D eigenvalue weighted by molar-refractivity contribution is 0.256. The number of anilines is 1. The van der Waals surface area contributed by atoms with E-state index in [1.807, 2.05) is 4.72 Å². The first-order valence-corrected chi connectivity index (χ1v) is 9.00. The van der Waals surface area contributed by atoms with Gasteiger partial charge in [0.1, 0.15) is 22.2 Å². The maximum Gasteiger partial charge on any atom is 0.333 e. The minimum Gasteiger partial charge on any atom is -0.494 e. The third-order valence-corrected chi connectivity index (χ3v) is 4.45. The molecule has 2 amide bonds. The normalized spacial score (nSPS) is 11.2. The molecule has 0 radical (unpaired) electrons. The summed E-state index contributed by atoms with van der Waals surface area (Å²) in [5, 5.41) is 5.49. The summed E-state index contributed by atoms with van der Waals surface area (Å²) in [6.07, 6.45) is 2.84. The highest BCUT2D eigenvalue weighted by molar-refractivity contribution is 7.93. The number of aromatic nitrogens is 1. The van der Waals surface area contributed by atoms with E-state index in [2.05, 4.69) is 10.3 Å². The van der Waals surface area contributed by atoms with E-state index in [9.17, 15) is 13.2 Å². The smallest absolute Gasteiger partial charge is 0.333 e. The third-order valence-electron chi connectivity index (χ3n) is 2.74. The van der Waals surface area contributed by atoms with E-state index in [0.717, 1.165) is 5.41 Å². The van der Waals surface area contributed by atoms with Crippen LogP contribution in [0.5, 0.6) is 11.5 Å².